The SMILES string of the molecule is CC.CCC.CCc1cc(C)c(OC(C)=O)c2ncccc12. The first-order chi connectivity index (χ1) is 10.5. The highest BCUT2D eigenvalue weighted by Gasteiger charge is 2.12. The summed E-state index contributed by atoms with van der Waals surface area (Å²) < 4.78 is 5.26. The monoisotopic (exact) mass is 303 g/mol. The Bertz CT molecular complexity index is 591. The van der Waals surface area contributed by atoms with E-state index in [2.05, 4.69) is 31.8 Å². The molecule has 1 aromatic heterocycles. The quantitative estimate of drug-likeness (QED) is 0.545. The second-order valence-corrected chi connectivity index (χ2v) is 4.74. The fourth-order valence-electron chi connectivity index (χ4n) is 2.00. The molecule has 0 saturated carbocycles. The molecule has 0 aliphatic carbocycles. The van der Waals surface area contributed by atoms with E-state index < -0.39 is 0 Å². The van der Waals surface area contributed by atoms with E-state index in [0.717, 1.165) is 22.9 Å². The van der Waals surface area contributed by atoms with E-state index in [1.807, 2.05) is 32.9 Å². The maximum absolute atomic E-state index is 11.1. The number of benzene rings is 1. The number of pyridine rings is 1. The van der Waals surface area contributed by atoms with Crippen molar-refractivity contribution in [2.24, 2.45) is 0 Å². The summed E-state index contributed by atoms with van der Waals surface area (Å²) in [6, 6.07) is 5.96. The van der Waals surface area contributed by atoms with Crippen LogP contribution in [0.25, 0.3) is 10.9 Å². The van der Waals surface area contributed by atoms with E-state index in [1.165, 1.54) is 18.9 Å². The summed E-state index contributed by atoms with van der Waals surface area (Å²) in [5.74, 6) is 0.259. The summed E-state index contributed by atoms with van der Waals surface area (Å²) in [6.45, 7) is 13.7. The zero-order chi connectivity index (χ0) is 17.1. The number of carbonyl (C=O) groups excluding carboxylic acids is 1. The van der Waals surface area contributed by atoms with Gasteiger partial charge in [0, 0.05) is 18.5 Å². The maximum Gasteiger partial charge on any atom is 0.308 e. The molecule has 3 nitrogen and oxygen atoms in total. The Kier molecular flexibility index (Phi) is 9.84. The van der Waals surface area contributed by atoms with Crippen LogP contribution in [0.15, 0.2) is 24.4 Å². The van der Waals surface area contributed by atoms with Crippen molar-refractivity contribution in [2.75, 3.05) is 0 Å². The molecular weight excluding hydrogens is 274 g/mol. The Hall–Kier alpha value is -1.90. The number of esters is 1. The molecule has 1 heterocycles. The molecule has 0 fully saturated rings. The lowest BCUT2D eigenvalue weighted by atomic mass is 10.0. The summed E-state index contributed by atoms with van der Waals surface area (Å²) >= 11 is 0. The lowest BCUT2D eigenvalue weighted by molar-refractivity contribution is -0.131. The Morgan fingerprint density at radius 3 is 2.32 bits per heavy atom. The van der Waals surface area contributed by atoms with Crippen LogP contribution < -0.4 is 4.74 Å². The molecule has 2 rings (SSSR count). The van der Waals surface area contributed by atoms with Crippen molar-refractivity contribution in [2.45, 2.75) is 61.3 Å². The Balaban J connectivity index is 0.000000789. The topological polar surface area (TPSA) is 39.2 Å². The molecule has 0 radical (unpaired) electrons. The minimum Gasteiger partial charge on any atom is -0.424 e. The number of hydrogen-bond donors (Lipinski definition) is 0. The molecule has 0 aliphatic rings. The lowest BCUT2D eigenvalue weighted by Gasteiger charge is -2.11. The highest BCUT2D eigenvalue weighted by atomic mass is 16.5. The zero-order valence-electron chi connectivity index (χ0n) is 15.0. The van der Waals surface area contributed by atoms with Gasteiger partial charge in [-0.05, 0) is 30.5 Å². The van der Waals surface area contributed by atoms with Crippen LogP contribution in [0.5, 0.6) is 5.75 Å². The van der Waals surface area contributed by atoms with Gasteiger partial charge in [-0.3, -0.25) is 9.78 Å². The zero-order valence-corrected chi connectivity index (χ0v) is 15.0. The number of aryl methyl sites for hydroxylation is 2. The Morgan fingerprint density at radius 1 is 1.23 bits per heavy atom. The van der Waals surface area contributed by atoms with Crippen molar-refractivity contribution < 1.29 is 9.53 Å². The van der Waals surface area contributed by atoms with Gasteiger partial charge in [-0.1, -0.05) is 53.2 Å². The molecule has 0 spiro atoms. The molecular formula is C19H29NO2. The van der Waals surface area contributed by atoms with Crippen LogP contribution in [0.1, 0.15) is 59.1 Å². The molecule has 0 amide bonds. The van der Waals surface area contributed by atoms with Gasteiger partial charge in [0.25, 0.3) is 0 Å². The van der Waals surface area contributed by atoms with Crippen molar-refractivity contribution >= 4 is 16.9 Å². The third kappa shape index (κ3) is 5.47. The number of ether oxygens (including phenoxy) is 1. The van der Waals surface area contributed by atoms with E-state index in [0.29, 0.717) is 5.75 Å². The standard InChI is InChI=1S/C14H15NO2.C3H8.C2H6/c1-4-11-8-9(2)14(17-10(3)16)13-12(11)6-5-7-15-13;1-3-2;1-2/h5-8H,4H2,1-3H3;3H2,1-2H3;1-2H3. The largest absolute Gasteiger partial charge is 0.424 e. The van der Waals surface area contributed by atoms with Gasteiger partial charge < -0.3 is 4.74 Å². The van der Waals surface area contributed by atoms with Gasteiger partial charge in [0.1, 0.15) is 5.52 Å². The minimum absolute atomic E-state index is 0.315. The van der Waals surface area contributed by atoms with Crippen LogP contribution >= 0.6 is 0 Å². The Morgan fingerprint density at radius 2 is 1.82 bits per heavy atom. The first-order valence-corrected chi connectivity index (χ1v) is 8.10. The molecule has 2 aromatic rings. The number of hydrogen-bond acceptors (Lipinski definition) is 3. The molecule has 22 heavy (non-hydrogen) atoms. The average Bonchev–Trinajstić information content (AvgIpc) is 2.52. The molecule has 0 unspecified atom stereocenters. The van der Waals surface area contributed by atoms with E-state index in [1.54, 1.807) is 6.20 Å². The number of rotatable bonds is 2. The summed E-state index contributed by atoms with van der Waals surface area (Å²) in [7, 11) is 0. The highest BCUT2D eigenvalue weighted by molar-refractivity contribution is 5.90. The average molecular weight is 303 g/mol. The van der Waals surface area contributed by atoms with E-state index in [4.69, 9.17) is 4.74 Å². The predicted molar refractivity (Wildman–Crippen MR) is 94.5 cm³/mol. The second kappa shape index (κ2) is 10.8. The maximum atomic E-state index is 11.1. The van der Waals surface area contributed by atoms with Crippen molar-refractivity contribution in [3.8, 4) is 5.75 Å². The molecule has 122 valence electrons. The van der Waals surface area contributed by atoms with Gasteiger partial charge in [0.15, 0.2) is 5.75 Å². The summed E-state index contributed by atoms with van der Waals surface area (Å²) in [4.78, 5) is 15.4. The first-order valence-electron chi connectivity index (χ1n) is 8.10. The normalized spacial score (nSPS) is 9.23. The molecule has 1 aromatic carbocycles. The van der Waals surface area contributed by atoms with Crippen LogP contribution in [0.2, 0.25) is 0 Å². The number of fused-ring (bicyclic) bond motifs is 1. The molecule has 0 aliphatic heterocycles. The number of carbonyl (C=O) groups is 1. The van der Waals surface area contributed by atoms with Crippen LogP contribution in [-0.2, 0) is 11.2 Å². The third-order valence-corrected chi connectivity index (χ3v) is 2.74. The first kappa shape index (κ1) is 20.1. The van der Waals surface area contributed by atoms with Crippen LogP contribution in [0.3, 0.4) is 0 Å². The van der Waals surface area contributed by atoms with Gasteiger partial charge in [-0.25, -0.2) is 0 Å². The van der Waals surface area contributed by atoms with Crippen molar-refractivity contribution in [1.82, 2.24) is 4.98 Å². The smallest absolute Gasteiger partial charge is 0.308 e. The van der Waals surface area contributed by atoms with Crippen LogP contribution in [-0.4, -0.2) is 11.0 Å². The minimum atomic E-state index is -0.315. The predicted octanol–water partition coefficient (Wildman–Crippen LogP) is 5.47. The molecule has 3 heteroatoms. The molecule has 0 bridgehead atoms. The summed E-state index contributed by atoms with van der Waals surface area (Å²) in [5.41, 5.74) is 2.93. The van der Waals surface area contributed by atoms with E-state index in [9.17, 15) is 4.79 Å². The summed E-state index contributed by atoms with van der Waals surface area (Å²) in [5, 5.41) is 1.05. The lowest BCUT2D eigenvalue weighted by Crippen LogP contribution is -2.05. The Labute approximate surface area is 134 Å². The molecule has 0 saturated heterocycles. The van der Waals surface area contributed by atoms with Crippen LogP contribution in [0, 0.1) is 6.92 Å². The van der Waals surface area contributed by atoms with Gasteiger partial charge in [-0.15, -0.1) is 0 Å². The fourth-order valence-corrected chi connectivity index (χ4v) is 2.00. The van der Waals surface area contributed by atoms with Crippen molar-refractivity contribution in [3.05, 3.63) is 35.5 Å². The van der Waals surface area contributed by atoms with Gasteiger partial charge in [0.2, 0.25) is 0 Å². The van der Waals surface area contributed by atoms with Crippen molar-refractivity contribution in [1.29, 1.82) is 0 Å². The van der Waals surface area contributed by atoms with Gasteiger partial charge in [0.05, 0.1) is 0 Å². The van der Waals surface area contributed by atoms with Gasteiger partial charge >= 0.3 is 5.97 Å². The highest BCUT2D eigenvalue weighted by Crippen LogP contribution is 2.31. The summed E-state index contributed by atoms with van der Waals surface area (Å²) in [6.07, 6.45) is 3.90. The van der Waals surface area contributed by atoms with Crippen LogP contribution in [0.4, 0.5) is 0 Å². The number of nitrogens with zero attached hydrogens (tertiary/aromatic N) is 1. The van der Waals surface area contributed by atoms with E-state index >= 15 is 0 Å². The second-order valence-electron chi connectivity index (χ2n) is 4.74. The third-order valence-electron chi connectivity index (χ3n) is 2.74. The van der Waals surface area contributed by atoms with E-state index in [-0.39, 0.29) is 5.97 Å². The molecule has 0 N–H and O–H groups in total. The van der Waals surface area contributed by atoms with Gasteiger partial charge in [-0.2, -0.15) is 0 Å². The van der Waals surface area contributed by atoms with Crippen molar-refractivity contribution in [3.63, 3.8) is 0 Å². The fraction of sp³-hybridized carbons (Fsp3) is 0.474. The molecule has 0 atom stereocenters. The number of aromatic nitrogens is 1.